The van der Waals surface area contributed by atoms with Crippen molar-refractivity contribution in [2.24, 2.45) is 0 Å². The minimum Gasteiger partial charge on any atom is -0.482 e. The van der Waals surface area contributed by atoms with Crippen LogP contribution in [0, 0.1) is 20.8 Å². The third-order valence-corrected chi connectivity index (χ3v) is 7.79. The molecule has 174 valence electrons. The third-order valence-electron chi connectivity index (χ3n) is 5.60. The van der Waals surface area contributed by atoms with Crippen LogP contribution >= 0.6 is 11.6 Å². The predicted molar refractivity (Wildman–Crippen MR) is 124 cm³/mol. The summed E-state index contributed by atoms with van der Waals surface area (Å²) >= 11 is 6.25. The summed E-state index contributed by atoms with van der Waals surface area (Å²) in [4.78, 5) is 12.5. The third kappa shape index (κ3) is 5.61. The van der Waals surface area contributed by atoms with Gasteiger partial charge in [-0.1, -0.05) is 23.7 Å². The van der Waals surface area contributed by atoms with Crippen LogP contribution in [-0.2, 0) is 19.6 Å². The summed E-state index contributed by atoms with van der Waals surface area (Å²) in [6.45, 7) is 9.15. The van der Waals surface area contributed by atoms with Gasteiger partial charge in [-0.2, -0.15) is 4.31 Å². The number of morpholine rings is 1. The van der Waals surface area contributed by atoms with Crippen molar-refractivity contribution in [2.75, 3.05) is 32.9 Å². The minimum atomic E-state index is -3.66. The summed E-state index contributed by atoms with van der Waals surface area (Å²) in [7, 11) is -3.66. The first-order valence-corrected chi connectivity index (χ1v) is 12.3. The van der Waals surface area contributed by atoms with E-state index in [-0.39, 0.29) is 34.2 Å². The molecule has 1 fully saturated rings. The molecule has 1 atom stereocenters. The van der Waals surface area contributed by atoms with Crippen LogP contribution in [0.5, 0.6) is 5.75 Å². The van der Waals surface area contributed by atoms with Crippen molar-refractivity contribution in [1.29, 1.82) is 0 Å². The molecule has 0 aliphatic carbocycles. The first kappa shape index (κ1) is 24.5. The number of hydrogen-bond donors (Lipinski definition) is 1. The van der Waals surface area contributed by atoms with Gasteiger partial charge >= 0.3 is 0 Å². The topological polar surface area (TPSA) is 84.9 Å². The summed E-state index contributed by atoms with van der Waals surface area (Å²) in [5.41, 5.74) is 4.54. The molecule has 0 radical (unpaired) electrons. The lowest BCUT2D eigenvalue weighted by atomic mass is 9.96. The van der Waals surface area contributed by atoms with E-state index in [1.165, 1.54) is 33.6 Å². The van der Waals surface area contributed by atoms with Gasteiger partial charge in [0.15, 0.2) is 6.61 Å². The van der Waals surface area contributed by atoms with Gasteiger partial charge in [-0.3, -0.25) is 4.79 Å². The number of nitrogens with one attached hydrogen (secondary N) is 1. The first-order valence-electron chi connectivity index (χ1n) is 10.5. The van der Waals surface area contributed by atoms with E-state index in [0.29, 0.717) is 26.3 Å². The highest BCUT2D eigenvalue weighted by Crippen LogP contribution is 2.29. The van der Waals surface area contributed by atoms with E-state index < -0.39 is 10.0 Å². The Balaban J connectivity index is 1.62. The first-order chi connectivity index (χ1) is 15.1. The van der Waals surface area contributed by atoms with Crippen LogP contribution in [0.3, 0.4) is 0 Å². The van der Waals surface area contributed by atoms with Gasteiger partial charge in [0.25, 0.3) is 5.91 Å². The SMILES string of the molecule is Cc1cc(C)c([C@H](C)NC(=O)COc2ccc(S(=O)(=O)N3CCOCC3)cc2Cl)cc1C. The van der Waals surface area contributed by atoms with E-state index in [1.807, 2.05) is 20.8 Å². The van der Waals surface area contributed by atoms with Crippen molar-refractivity contribution in [2.45, 2.75) is 38.6 Å². The zero-order valence-electron chi connectivity index (χ0n) is 18.8. The van der Waals surface area contributed by atoms with Crippen LogP contribution in [0.4, 0.5) is 0 Å². The molecule has 3 rings (SSSR count). The lowest BCUT2D eigenvalue weighted by molar-refractivity contribution is -0.123. The number of ether oxygens (including phenoxy) is 2. The van der Waals surface area contributed by atoms with Crippen molar-refractivity contribution < 1.29 is 22.7 Å². The molecular weight excluding hydrogens is 452 g/mol. The molecule has 0 bridgehead atoms. The van der Waals surface area contributed by atoms with E-state index in [4.69, 9.17) is 21.1 Å². The molecule has 0 saturated carbocycles. The van der Waals surface area contributed by atoms with Crippen LogP contribution in [0.2, 0.25) is 5.02 Å². The molecular formula is C23H29ClN2O5S. The van der Waals surface area contributed by atoms with E-state index in [1.54, 1.807) is 0 Å². The van der Waals surface area contributed by atoms with Gasteiger partial charge in [0, 0.05) is 13.1 Å². The monoisotopic (exact) mass is 480 g/mol. The van der Waals surface area contributed by atoms with Crippen LogP contribution in [0.1, 0.15) is 35.2 Å². The lowest BCUT2D eigenvalue weighted by Crippen LogP contribution is -2.40. The average Bonchev–Trinajstić information content (AvgIpc) is 2.75. The maximum Gasteiger partial charge on any atom is 0.258 e. The van der Waals surface area contributed by atoms with Crippen LogP contribution in [0.15, 0.2) is 35.2 Å². The second-order valence-electron chi connectivity index (χ2n) is 7.98. The predicted octanol–water partition coefficient (Wildman–Crippen LogP) is 3.54. The fourth-order valence-electron chi connectivity index (χ4n) is 3.65. The van der Waals surface area contributed by atoms with Crippen LogP contribution < -0.4 is 10.1 Å². The quantitative estimate of drug-likeness (QED) is 0.655. The van der Waals surface area contributed by atoms with E-state index in [9.17, 15) is 13.2 Å². The molecule has 1 aliphatic rings. The molecule has 1 aliphatic heterocycles. The Bertz CT molecular complexity index is 1100. The second kappa shape index (κ2) is 10.2. The van der Waals surface area contributed by atoms with Gasteiger partial charge in [-0.15, -0.1) is 0 Å². The lowest BCUT2D eigenvalue weighted by Gasteiger charge is -2.26. The Kier molecular flexibility index (Phi) is 7.82. The highest BCUT2D eigenvalue weighted by molar-refractivity contribution is 7.89. The molecule has 2 aromatic rings. The summed E-state index contributed by atoms with van der Waals surface area (Å²) in [6, 6.07) is 8.27. The summed E-state index contributed by atoms with van der Waals surface area (Å²) in [5.74, 6) is -0.0473. The summed E-state index contributed by atoms with van der Waals surface area (Å²) in [5, 5.41) is 3.06. The molecule has 1 amide bonds. The highest BCUT2D eigenvalue weighted by atomic mass is 35.5. The molecule has 0 spiro atoms. The number of nitrogens with zero attached hydrogens (tertiary/aromatic N) is 1. The molecule has 2 aromatic carbocycles. The smallest absolute Gasteiger partial charge is 0.258 e. The molecule has 1 saturated heterocycles. The van der Waals surface area contributed by atoms with Gasteiger partial charge in [-0.05, 0) is 68.1 Å². The number of carbonyl (C=O) groups is 1. The van der Waals surface area contributed by atoms with Crippen molar-refractivity contribution in [3.8, 4) is 5.75 Å². The van der Waals surface area contributed by atoms with Gasteiger partial charge in [0.1, 0.15) is 5.75 Å². The number of benzene rings is 2. The van der Waals surface area contributed by atoms with Crippen molar-refractivity contribution in [3.05, 3.63) is 57.6 Å². The van der Waals surface area contributed by atoms with Crippen molar-refractivity contribution >= 4 is 27.5 Å². The molecule has 1 heterocycles. The normalized spacial score (nSPS) is 15.9. The summed E-state index contributed by atoms with van der Waals surface area (Å²) < 4.78 is 37.6. The molecule has 7 nitrogen and oxygen atoms in total. The number of sulfonamides is 1. The Hall–Kier alpha value is -2.13. The molecule has 32 heavy (non-hydrogen) atoms. The van der Waals surface area contributed by atoms with Gasteiger partial charge < -0.3 is 14.8 Å². The Morgan fingerprint density at radius 3 is 2.44 bits per heavy atom. The Morgan fingerprint density at radius 2 is 1.78 bits per heavy atom. The molecule has 0 unspecified atom stereocenters. The largest absolute Gasteiger partial charge is 0.482 e. The van der Waals surface area contributed by atoms with Crippen LogP contribution in [-0.4, -0.2) is 51.5 Å². The van der Waals surface area contributed by atoms with Crippen molar-refractivity contribution in [3.63, 3.8) is 0 Å². The zero-order chi connectivity index (χ0) is 23.5. The molecule has 9 heteroatoms. The van der Waals surface area contributed by atoms with Gasteiger partial charge in [0.2, 0.25) is 10.0 Å². The number of carbonyl (C=O) groups excluding carboxylic acids is 1. The zero-order valence-corrected chi connectivity index (χ0v) is 20.3. The van der Waals surface area contributed by atoms with E-state index in [0.717, 1.165) is 11.1 Å². The maximum absolute atomic E-state index is 12.8. The number of amides is 1. The molecule has 0 aromatic heterocycles. The Labute approximate surface area is 194 Å². The van der Waals surface area contributed by atoms with Crippen molar-refractivity contribution in [1.82, 2.24) is 9.62 Å². The number of aryl methyl sites for hydroxylation is 3. The van der Waals surface area contributed by atoms with Crippen LogP contribution in [0.25, 0.3) is 0 Å². The minimum absolute atomic E-state index is 0.0834. The summed E-state index contributed by atoms with van der Waals surface area (Å²) in [6.07, 6.45) is 0. The van der Waals surface area contributed by atoms with E-state index in [2.05, 4.69) is 24.4 Å². The fourth-order valence-corrected chi connectivity index (χ4v) is 5.38. The fraction of sp³-hybridized carbons (Fsp3) is 0.435. The number of rotatable bonds is 7. The maximum atomic E-state index is 12.8. The highest BCUT2D eigenvalue weighted by Gasteiger charge is 2.27. The number of hydrogen-bond acceptors (Lipinski definition) is 5. The average molecular weight is 481 g/mol. The molecule has 1 N–H and O–H groups in total. The second-order valence-corrected chi connectivity index (χ2v) is 10.3. The number of halogens is 1. The Morgan fingerprint density at radius 1 is 1.12 bits per heavy atom. The standard InChI is InChI=1S/C23H29ClN2O5S/c1-15-11-17(3)20(12-16(15)2)18(4)25-23(27)14-31-22-6-5-19(13-21(22)24)32(28,29)26-7-9-30-10-8-26/h5-6,11-13,18H,7-10,14H2,1-4H3,(H,25,27)/t18-/m0/s1. The van der Waals surface area contributed by atoms with Gasteiger partial charge in [0.05, 0.1) is 29.2 Å². The van der Waals surface area contributed by atoms with E-state index >= 15 is 0 Å². The van der Waals surface area contributed by atoms with Gasteiger partial charge in [-0.25, -0.2) is 8.42 Å².